The summed E-state index contributed by atoms with van der Waals surface area (Å²) in [7, 11) is 0. The van der Waals surface area contributed by atoms with Crippen LogP contribution < -0.4 is 10.2 Å². The fourth-order valence-corrected chi connectivity index (χ4v) is 7.33. The van der Waals surface area contributed by atoms with Gasteiger partial charge in [0.05, 0.1) is 33.9 Å². The van der Waals surface area contributed by atoms with Gasteiger partial charge in [-0.25, -0.2) is 9.59 Å². The zero-order valence-electron chi connectivity index (χ0n) is 39.0. The van der Waals surface area contributed by atoms with Crippen molar-refractivity contribution in [3.8, 4) is 23.0 Å². The predicted octanol–water partition coefficient (Wildman–Crippen LogP) is 13.0. The molecule has 0 spiro atoms. The van der Waals surface area contributed by atoms with E-state index in [9.17, 15) is 40.2 Å². The molecule has 0 amide bonds. The van der Waals surface area contributed by atoms with Gasteiger partial charge in [-0.3, -0.25) is 9.98 Å². The molecule has 4 aromatic carbocycles. The molecule has 352 valence electrons. The molecule has 0 aliphatic rings. The number of hydrogen-bond acceptors (Lipinski definition) is 8. The molecule has 0 saturated carbocycles. The Kier molecular flexibility index (Phi) is 28.9. The van der Waals surface area contributed by atoms with Gasteiger partial charge in [-0.05, 0) is 123 Å². The molecule has 0 bridgehead atoms. The molecule has 0 aliphatic heterocycles. The molecule has 0 aliphatic carbocycles. The van der Waals surface area contributed by atoms with E-state index in [1.807, 2.05) is 50.2 Å². The summed E-state index contributed by atoms with van der Waals surface area (Å²) in [5.41, 5.74) is 6.61. The number of carboxylic acid groups (broad SMARTS) is 2. The van der Waals surface area contributed by atoms with Gasteiger partial charge in [0, 0.05) is 0 Å². The van der Waals surface area contributed by atoms with Crippen molar-refractivity contribution in [3.63, 3.8) is 0 Å². The minimum absolute atomic E-state index is 0. The number of nitrogens with zero attached hydrogens (tertiary/aromatic N) is 2. The Balaban J connectivity index is 0.000000484. The largest absolute Gasteiger partial charge is 2.00 e. The fraction of sp³-hybridized carbons (Fsp3) is 0.472. The second kappa shape index (κ2) is 32.5. The number of hydrogen-bond donors (Lipinski definition) is 4. The summed E-state index contributed by atoms with van der Waals surface area (Å²) >= 11 is 0. The topological polar surface area (TPSA) is 186 Å². The number of phenols is 2. The Bertz CT molecular complexity index is 1950. The maximum Gasteiger partial charge on any atom is 2.00 e. The van der Waals surface area contributed by atoms with Crippen LogP contribution in [-0.4, -0.2) is 43.8 Å². The maximum atomic E-state index is 11.8. The number of carbonyl (C=O) groups is 2. The molecule has 4 rings (SSSR count). The third-order valence-corrected chi connectivity index (χ3v) is 10.6. The summed E-state index contributed by atoms with van der Waals surface area (Å²) < 4.78 is 0. The van der Waals surface area contributed by atoms with E-state index >= 15 is 0 Å². The summed E-state index contributed by atoms with van der Waals surface area (Å²) in [5, 5.41) is 61.2. The quantitative estimate of drug-likeness (QED) is 0.0304. The smallest absolute Gasteiger partial charge is 0.869 e. The molecular formula is C53H72N2NiO8. The van der Waals surface area contributed by atoms with Crippen molar-refractivity contribution in [2.24, 2.45) is 9.98 Å². The molecule has 10 nitrogen and oxygen atoms in total. The summed E-state index contributed by atoms with van der Waals surface area (Å²) in [5.74, 6) is -4.94. The number of aliphatic imine (C=N–C) groups is 2. The summed E-state index contributed by atoms with van der Waals surface area (Å²) in [6, 6.07) is 23.4. The van der Waals surface area contributed by atoms with Crippen LogP contribution in [0.2, 0.25) is 0 Å². The van der Waals surface area contributed by atoms with Gasteiger partial charge >= 0.3 is 28.4 Å². The average Bonchev–Trinajstić information content (AvgIpc) is 3.26. The number of benzene rings is 4. The predicted molar refractivity (Wildman–Crippen MR) is 254 cm³/mol. The molecule has 0 radical (unpaired) electrons. The Labute approximate surface area is 392 Å². The van der Waals surface area contributed by atoms with Crippen LogP contribution in [0.5, 0.6) is 23.0 Å². The minimum atomic E-state index is -1.25. The van der Waals surface area contributed by atoms with Gasteiger partial charge < -0.3 is 30.6 Å². The van der Waals surface area contributed by atoms with Gasteiger partial charge in [0.1, 0.15) is 11.5 Å². The van der Waals surface area contributed by atoms with Gasteiger partial charge in [-0.15, -0.1) is 0 Å². The summed E-state index contributed by atoms with van der Waals surface area (Å²) in [6.45, 7) is 12.6. The Morgan fingerprint density at radius 1 is 0.484 bits per heavy atom. The van der Waals surface area contributed by atoms with Crippen LogP contribution in [0.1, 0.15) is 181 Å². The standard InChI is InChI=1S/C23H30N2.2C15H22O4.Ni/c1-3-5-9-19-23(25-21-16-12-8-13-17-21)22(18-6-4-2)24-20-14-10-7-11-15-20;2*1-3-5-6-8-11-10(7-4-2)9-12(16)14(17)13(11)15(18)19;/h7-8,10-17H,3-6,9,18-19H2,1-2H3;2*9,16-17H,3-8H2,1-2H3,(H,18,19);/q;;;+2/p-2. The van der Waals surface area contributed by atoms with Crippen LogP contribution in [0.3, 0.4) is 0 Å². The number of unbranched alkanes of at least 4 members (excludes halogenated alkanes) is 7. The van der Waals surface area contributed by atoms with Crippen LogP contribution >= 0.6 is 0 Å². The number of rotatable bonds is 24. The van der Waals surface area contributed by atoms with E-state index < -0.39 is 34.9 Å². The van der Waals surface area contributed by atoms with E-state index in [2.05, 4.69) is 52.0 Å². The molecule has 0 aromatic heterocycles. The van der Waals surface area contributed by atoms with Crippen molar-refractivity contribution in [3.05, 3.63) is 106 Å². The number of phenolic OH excluding ortho intramolecular Hbond substituents is 2. The summed E-state index contributed by atoms with van der Waals surface area (Å²) in [6.07, 6.45) is 17.9. The van der Waals surface area contributed by atoms with Gasteiger partial charge in [0.25, 0.3) is 0 Å². The zero-order chi connectivity index (χ0) is 46.6. The maximum absolute atomic E-state index is 11.8. The van der Waals surface area contributed by atoms with E-state index in [0.29, 0.717) is 36.8 Å². The second-order valence-electron chi connectivity index (χ2n) is 15.8. The first-order valence-corrected chi connectivity index (χ1v) is 23.2. The Morgan fingerprint density at radius 3 is 1.16 bits per heavy atom. The first-order chi connectivity index (χ1) is 30.4. The third-order valence-electron chi connectivity index (χ3n) is 10.6. The van der Waals surface area contributed by atoms with Crippen molar-refractivity contribution in [2.45, 2.75) is 164 Å². The molecule has 0 unspecified atom stereocenters. The molecular weight excluding hydrogens is 851 g/mol. The van der Waals surface area contributed by atoms with E-state index in [-0.39, 0.29) is 27.6 Å². The van der Waals surface area contributed by atoms with Gasteiger partial charge in [0.2, 0.25) is 0 Å². The molecule has 4 aromatic rings. The van der Waals surface area contributed by atoms with E-state index in [0.717, 1.165) is 105 Å². The van der Waals surface area contributed by atoms with E-state index in [1.54, 1.807) is 0 Å². The third kappa shape index (κ3) is 19.3. The van der Waals surface area contributed by atoms with Crippen LogP contribution in [0.15, 0.2) is 82.8 Å². The molecule has 0 heterocycles. The zero-order valence-corrected chi connectivity index (χ0v) is 40.0. The monoisotopic (exact) mass is 922 g/mol. The van der Waals surface area contributed by atoms with E-state index in [1.165, 1.54) is 37.8 Å². The molecule has 0 atom stereocenters. The van der Waals surface area contributed by atoms with Crippen molar-refractivity contribution in [1.82, 2.24) is 0 Å². The van der Waals surface area contributed by atoms with Crippen LogP contribution in [0.4, 0.5) is 11.4 Å². The molecule has 11 heteroatoms. The van der Waals surface area contributed by atoms with Gasteiger partial charge in [-0.2, -0.15) is 0 Å². The molecule has 0 saturated heterocycles. The average molecular weight is 924 g/mol. The molecule has 4 N–H and O–H groups in total. The Hall–Kier alpha value is -5.15. The van der Waals surface area contributed by atoms with Crippen LogP contribution in [0, 0.1) is 0 Å². The summed E-state index contributed by atoms with van der Waals surface area (Å²) in [4.78, 5) is 32.5. The Morgan fingerprint density at radius 2 is 0.828 bits per heavy atom. The molecule has 64 heavy (non-hydrogen) atoms. The van der Waals surface area contributed by atoms with Crippen LogP contribution in [0.25, 0.3) is 0 Å². The fourth-order valence-electron chi connectivity index (χ4n) is 7.33. The number of carboxylic acids is 2. The number of aromatic hydroxyl groups is 2. The van der Waals surface area contributed by atoms with Crippen molar-refractivity contribution in [2.75, 3.05) is 0 Å². The van der Waals surface area contributed by atoms with Crippen molar-refractivity contribution in [1.29, 1.82) is 0 Å². The second-order valence-corrected chi connectivity index (χ2v) is 15.8. The number of aromatic carboxylic acids is 2. The number of aryl methyl sites for hydroxylation is 2. The SMILES string of the molecule is CCCCCC(=Nc1ccccc1)C(CCCC)=Nc1ccccc1.CCCCCc1c(CCC)cc(O)c([O-])c1C(=O)O.CCCCCc1c(CCC)cc(O)c([O-])c1C(=O)O.[Ni+2]. The van der Waals surface area contributed by atoms with Crippen LogP contribution in [-0.2, 0) is 42.2 Å². The minimum Gasteiger partial charge on any atom is -0.869 e. The van der Waals surface area contributed by atoms with Crippen molar-refractivity contribution < 1.29 is 56.7 Å². The van der Waals surface area contributed by atoms with Crippen molar-refractivity contribution >= 4 is 34.7 Å². The first kappa shape index (κ1) is 56.9. The normalized spacial score (nSPS) is 11.2. The van der Waals surface area contributed by atoms with Gasteiger partial charge in [-0.1, -0.05) is 147 Å². The number of para-hydroxylation sites is 2. The van der Waals surface area contributed by atoms with E-state index in [4.69, 9.17) is 9.98 Å². The van der Waals surface area contributed by atoms with Gasteiger partial charge in [0.15, 0.2) is 0 Å². The molecule has 0 fully saturated rings. The first-order valence-electron chi connectivity index (χ1n) is 23.2.